The van der Waals surface area contributed by atoms with Crippen molar-refractivity contribution in [2.75, 3.05) is 19.5 Å². The van der Waals surface area contributed by atoms with Crippen LogP contribution in [0.3, 0.4) is 0 Å². The summed E-state index contributed by atoms with van der Waals surface area (Å²) in [6.07, 6.45) is 0. The van der Waals surface area contributed by atoms with Gasteiger partial charge in [-0.2, -0.15) is 0 Å². The first-order valence-electron chi connectivity index (χ1n) is 10.9. The van der Waals surface area contributed by atoms with Crippen molar-refractivity contribution in [2.45, 2.75) is 23.9 Å². The Hall–Kier alpha value is -3.78. The Balaban J connectivity index is 1.66. The molecule has 7 nitrogen and oxygen atoms in total. The normalized spacial score (nSPS) is 11.6. The van der Waals surface area contributed by atoms with Gasteiger partial charge in [0.2, 0.25) is 5.91 Å². The summed E-state index contributed by atoms with van der Waals surface area (Å²) in [5.74, 6) is 2.00. The van der Waals surface area contributed by atoms with E-state index < -0.39 is 5.25 Å². The van der Waals surface area contributed by atoms with Gasteiger partial charge in [-0.1, -0.05) is 54.2 Å². The van der Waals surface area contributed by atoms with Crippen LogP contribution in [0.4, 0.5) is 5.69 Å². The van der Waals surface area contributed by atoms with Crippen LogP contribution in [0.1, 0.15) is 17.7 Å². The molecule has 0 spiro atoms. The number of aromatic nitrogens is 3. The van der Waals surface area contributed by atoms with E-state index in [-0.39, 0.29) is 5.91 Å². The minimum atomic E-state index is -0.525. The van der Waals surface area contributed by atoms with Crippen molar-refractivity contribution in [2.24, 2.45) is 0 Å². The van der Waals surface area contributed by atoms with Crippen molar-refractivity contribution in [3.8, 4) is 22.9 Å². The van der Waals surface area contributed by atoms with Crippen LogP contribution in [0, 0.1) is 0 Å². The van der Waals surface area contributed by atoms with Gasteiger partial charge >= 0.3 is 0 Å². The largest absolute Gasteiger partial charge is 0.497 e. The minimum absolute atomic E-state index is 0.147. The van der Waals surface area contributed by atoms with Gasteiger partial charge in [0.25, 0.3) is 0 Å². The monoisotopic (exact) mass is 474 g/mol. The van der Waals surface area contributed by atoms with E-state index in [0.717, 1.165) is 22.6 Å². The summed E-state index contributed by atoms with van der Waals surface area (Å²) in [6.45, 7) is 2.67. The van der Waals surface area contributed by atoms with E-state index in [1.807, 2.05) is 90.4 Å². The zero-order valence-corrected chi connectivity index (χ0v) is 20.1. The molecule has 1 heterocycles. The van der Waals surface area contributed by atoms with Gasteiger partial charge < -0.3 is 19.4 Å². The zero-order valence-electron chi connectivity index (χ0n) is 19.3. The van der Waals surface area contributed by atoms with Crippen molar-refractivity contribution in [3.63, 3.8) is 0 Å². The van der Waals surface area contributed by atoms with Crippen LogP contribution in [0.2, 0.25) is 0 Å². The Morgan fingerprint density at radius 1 is 0.941 bits per heavy atom. The van der Waals surface area contributed by atoms with Gasteiger partial charge in [0.15, 0.2) is 11.0 Å². The second-order valence-electron chi connectivity index (χ2n) is 7.38. The van der Waals surface area contributed by atoms with Gasteiger partial charge in [-0.05, 0) is 48.9 Å². The van der Waals surface area contributed by atoms with Crippen LogP contribution >= 0.6 is 11.8 Å². The molecule has 1 amide bonds. The molecule has 0 aliphatic heterocycles. The number of amides is 1. The number of carbonyl (C=O) groups is 1. The van der Waals surface area contributed by atoms with Crippen LogP contribution in [-0.4, -0.2) is 34.9 Å². The van der Waals surface area contributed by atoms with Crippen LogP contribution in [0.15, 0.2) is 84.0 Å². The third kappa shape index (κ3) is 5.07. The van der Waals surface area contributed by atoms with Gasteiger partial charge in [0.1, 0.15) is 16.7 Å². The lowest BCUT2D eigenvalue weighted by Gasteiger charge is -2.17. The summed E-state index contributed by atoms with van der Waals surface area (Å²) < 4.78 is 12.7. The second kappa shape index (κ2) is 10.9. The fourth-order valence-corrected chi connectivity index (χ4v) is 4.68. The Kier molecular flexibility index (Phi) is 7.49. The summed E-state index contributed by atoms with van der Waals surface area (Å²) in [6, 6.07) is 24.6. The molecule has 1 aromatic heterocycles. The average molecular weight is 475 g/mol. The standard InChI is InChI=1S/C26H26N4O3S/c1-4-30-24(21-12-8-9-13-22(21)33-3)28-29-26(30)34-23(18-10-6-5-7-11-18)25(31)27-19-14-16-20(32-2)17-15-19/h5-17,23H,4H2,1-3H3,(H,27,31). The Morgan fingerprint density at radius 3 is 2.32 bits per heavy atom. The number of benzene rings is 3. The number of ether oxygens (including phenoxy) is 2. The molecule has 1 unspecified atom stereocenters. The summed E-state index contributed by atoms with van der Waals surface area (Å²) >= 11 is 1.37. The predicted molar refractivity (Wildman–Crippen MR) is 134 cm³/mol. The molecule has 3 aromatic carbocycles. The van der Waals surface area contributed by atoms with Gasteiger partial charge in [-0.15, -0.1) is 10.2 Å². The molecule has 0 radical (unpaired) electrons. The maximum absolute atomic E-state index is 13.4. The SMILES string of the molecule is CCn1c(SC(C(=O)Nc2ccc(OC)cc2)c2ccccc2)nnc1-c1ccccc1OC. The molecule has 34 heavy (non-hydrogen) atoms. The molecule has 8 heteroatoms. The molecule has 0 fully saturated rings. The third-order valence-electron chi connectivity index (χ3n) is 5.30. The summed E-state index contributed by atoms with van der Waals surface area (Å²) in [4.78, 5) is 13.4. The molecule has 4 aromatic rings. The van der Waals surface area contributed by atoms with E-state index in [9.17, 15) is 4.79 Å². The van der Waals surface area contributed by atoms with E-state index in [1.165, 1.54) is 11.8 Å². The summed E-state index contributed by atoms with van der Waals surface area (Å²) in [5, 5.41) is 12.0. The molecule has 1 N–H and O–H groups in total. The van der Waals surface area contributed by atoms with Gasteiger partial charge in [0.05, 0.1) is 19.8 Å². The van der Waals surface area contributed by atoms with E-state index in [4.69, 9.17) is 9.47 Å². The first kappa shape index (κ1) is 23.4. The number of hydrogen-bond donors (Lipinski definition) is 1. The van der Waals surface area contributed by atoms with E-state index in [2.05, 4.69) is 15.5 Å². The molecule has 4 rings (SSSR count). The molecule has 0 aliphatic carbocycles. The first-order chi connectivity index (χ1) is 16.6. The van der Waals surface area contributed by atoms with Crippen molar-refractivity contribution in [3.05, 3.63) is 84.4 Å². The highest BCUT2D eigenvalue weighted by Crippen LogP contribution is 2.38. The topological polar surface area (TPSA) is 78.3 Å². The van der Waals surface area contributed by atoms with Crippen molar-refractivity contribution in [1.29, 1.82) is 0 Å². The fraction of sp³-hybridized carbons (Fsp3) is 0.192. The summed E-state index contributed by atoms with van der Waals surface area (Å²) in [5.41, 5.74) is 2.42. The quantitative estimate of drug-likeness (QED) is 0.325. The second-order valence-corrected chi connectivity index (χ2v) is 8.45. The van der Waals surface area contributed by atoms with Crippen LogP contribution < -0.4 is 14.8 Å². The number of hydrogen-bond acceptors (Lipinski definition) is 6. The van der Waals surface area contributed by atoms with Gasteiger partial charge in [0, 0.05) is 12.2 Å². The van der Waals surface area contributed by atoms with Crippen LogP contribution in [0.25, 0.3) is 11.4 Å². The smallest absolute Gasteiger partial charge is 0.242 e. The molecule has 0 saturated heterocycles. The van der Waals surface area contributed by atoms with E-state index in [1.54, 1.807) is 14.2 Å². The molecular weight excluding hydrogens is 448 g/mol. The van der Waals surface area contributed by atoms with Crippen LogP contribution in [0.5, 0.6) is 11.5 Å². The van der Waals surface area contributed by atoms with Crippen molar-refractivity contribution in [1.82, 2.24) is 14.8 Å². The zero-order chi connectivity index (χ0) is 23.9. The molecule has 0 saturated carbocycles. The molecule has 174 valence electrons. The number of nitrogens with one attached hydrogen (secondary N) is 1. The Bertz CT molecular complexity index is 1240. The fourth-order valence-electron chi connectivity index (χ4n) is 3.58. The Labute approximate surface area is 203 Å². The lowest BCUT2D eigenvalue weighted by molar-refractivity contribution is -0.115. The number of rotatable bonds is 9. The number of methoxy groups -OCH3 is 2. The number of para-hydroxylation sites is 1. The Morgan fingerprint density at radius 2 is 1.65 bits per heavy atom. The minimum Gasteiger partial charge on any atom is -0.497 e. The lowest BCUT2D eigenvalue weighted by atomic mass is 10.1. The maximum Gasteiger partial charge on any atom is 0.242 e. The predicted octanol–water partition coefficient (Wildman–Crippen LogP) is 5.45. The third-order valence-corrected chi connectivity index (χ3v) is 6.54. The number of thioether (sulfide) groups is 1. The molecule has 0 bridgehead atoms. The van der Waals surface area contributed by atoms with Crippen molar-refractivity contribution < 1.29 is 14.3 Å². The number of carbonyl (C=O) groups excluding carboxylic acids is 1. The summed E-state index contributed by atoms with van der Waals surface area (Å²) in [7, 11) is 3.24. The van der Waals surface area contributed by atoms with Gasteiger partial charge in [-0.3, -0.25) is 4.79 Å². The highest BCUT2D eigenvalue weighted by atomic mass is 32.2. The van der Waals surface area contributed by atoms with E-state index in [0.29, 0.717) is 23.2 Å². The first-order valence-corrected chi connectivity index (χ1v) is 11.8. The average Bonchev–Trinajstić information content (AvgIpc) is 3.30. The van der Waals surface area contributed by atoms with Gasteiger partial charge in [-0.25, -0.2) is 0 Å². The molecular formula is C26H26N4O3S. The van der Waals surface area contributed by atoms with E-state index >= 15 is 0 Å². The highest BCUT2D eigenvalue weighted by Gasteiger charge is 2.26. The van der Waals surface area contributed by atoms with Crippen molar-refractivity contribution >= 4 is 23.4 Å². The molecule has 1 atom stereocenters. The lowest BCUT2D eigenvalue weighted by Crippen LogP contribution is -2.19. The molecule has 0 aliphatic rings. The maximum atomic E-state index is 13.4. The van der Waals surface area contributed by atoms with Crippen LogP contribution in [-0.2, 0) is 11.3 Å². The number of nitrogens with zero attached hydrogens (tertiary/aromatic N) is 3. The number of anilines is 1. The highest BCUT2D eigenvalue weighted by molar-refractivity contribution is 8.00.